The molecule has 3 nitrogen and oxygen atoms in total. The molecule has 0 unspecified atom stereocenters. The van der Waals surface area contributed by atoms with Crippen molar-refractivity contribution in [2.75, 3.05) is 0 Å². The molecule has 3 aromatic rings. The molecule has 0 fully saturated rings. The molecule has 1 aromatic heterocycles. The first kappa shape index (κ1) is 11.5. The average Bonchev–Trinajstić information content (AvgIpc) is 2.42. The third-order valence-corrected chi connectivity index (χ3v) is 3.14. The highest BCUT2D eigenvalue weighted by atomic mass is 16.3. The number of hydrogen-bond donors (Lipinski definition) is 1. The summed E-state index contributed by atoms with van der Waals surface area (Å²) in [6, 6.07) is 13.8. The Morgan fingerprint density at radius 1 is 1.05 bits per heavy atom. The first-order valence-electron chi connectivity index (χ1n) is 5.98. The zero-order valence-corrected chi connectivity index (χ0v) is 10.4. The van der Waals surface area contributed by atoms with Gasteiger partial charge in [-0.05, 0) is 30.7 Å². The summed E-state index contributed by atoms with van der Waals surface area (Å²) in [6.07, 6.45) is 0. The van der Waals surface area contributed by atoms with Crippen molar-refractivity contribution < 1.29 is 9.52 Å². The molecule has 0 bridgehead atoms. The van der Waals surface area contributed by atoms with Crippen molar-refractivity contribution in [1.29, 1.82) is 0 Å². The second-order valence-electron chi connectivity index (χ2n) is 4.44. The average molecular weight is 252 g/mol. The van der Waals surface area contributed by atoms with E-state index in [1.807, 2.05) is 12.1 Å². The number of benzene rings is 2. The van der Waals surface area contributed by atoms with Crippen LogP contribution in [0.1, 0.15) is 5.56 Å². The number of phenolic OH excluding ortho intramolecular Hbond substituents is 1. The summed E-state index contributed by atoms with van der Waals surface area (Å²) >= 11 is 0. The van der Waals surface area contributed by atoms with Crippen LogP contribution in [-0.4, -0.2) is 5.11 Å². The Labute approximate surface area is 109 Å². The standard InChI is InChI=1S/C16H12O3/c1-10-5-4-7-12(16(10)18)15-9-13(17)11-6-2-3-8-14(11)19-15/h2-9,18H,1H3. The minimum absolute atomic E-state index is 0.113. The van der Waals surface area contributed by atoms with Crippen molar-refractivity contribution in [3.8, 4) is 17.1 Å². The van der Waals surface area contributed by atoms with Crippen LogP contribution < -0.4 is 5.43 Å². The number of rotatable bonds is 1. The SMILES string of the molecule is Cc1cccc(-c2cc(=O)c3ccccc3o2)c1O. The number of phenols is 1. The normalized spacial score (nSPS) is 10.8. The first-order valence-corrected chi connectivity index (χ1v) is 5.98. The van der Waals surface area contributed by atoms with E-state index in [1.165, 1.54) is 6.07 Å². The molecule has 0 aliphatic rings. The van der Waals surface area contributed by atoms with Crippen LogP contribution in [0, 0.1) is 6.92 Å². The largest absolute Gasteiger partial charge is 0.507 e. The van der Waals surface area contributed by atoms with Crippen molar-refractivity contribution in [3.05, 3.63) is 64.3 Å². The lowest BCUT2D eigenvalue weighted by Gasteiger charge is -2.07. The highest BCUT2D eigenvalue weighted by molar-refractivity contribution is 5.79. The lowest BCUT2D eigenvalue weighted by molar-refractivity contribution is 0.470. The molecule has 0 aliphatic carbocycles. The number of para-hydroxylation sites is 2. The quantitative estimate of drug-likeness (QED) is 0.721. The molecule has 0 saturated carbocycles. The Bertz CT molecular complexity index is 816. The molecule has 0 aliphatic heterocycles. The van der Waals surface area contributed by atoms with Crippen LogP contribution in [-0.2, 0) is 0 Å². The Kier molecular flexibility index (Phi) is 2.60. The van der Waals surface area contributed by atoms with Gasteiger partial charge in [-0.2, -0.15) is 0 Å². The van der Waals surface area contributed by atoms with E-state index in [0.717, 1.165) is 5.56 Å². The van der Waals surface area contributed by atoms with Gasteiger partial charge < -0.3 is 9.52 Å². The zero-order chi connectivity index (χ0) is 13.4. The monoisotopic (exact) mass is 252 g/mol. The van der Waals surface area contributed by atoms with Gasteiger partial charge in [-0.25, -0.2) is 0 Å². The second-order valence-corrected chi connectivity index (χ2v) is 4.44. The molecule has 1 N–H and O–H groups in total. The van der Waals surface area contributed by atoms with E-state index in [4.69, 9.17) is 4.42 Å². The van der Waals surface area contributed by atoms with Gasteiger partial charge in [-0.3, -0.25) is 4.79 Å². The van der Waals surface area contributed by atoms with E-state index in [1.54, 1.807) is 37.3 Å². The summed E-state index contributed by atoms with van der Waals surface area (Å²) in [4.78, 5) is 12.0. The van der Waals surface area contributed by atoms with Crippen molar-refractivity contribution in [1.82, 2.24) is 0 Å². The number of aromatic hydroxyl groups is 1. The molecule has 0 atom stereocenters. The third-order valence-electron chi connectivity index (χ3n) is 3.14. The minimum atomic E-state index is -0.113. The van der Waals surface area contributed by atoms with E-state index in [-0.39, 0.29) is 11.2 Å². The van der Waals surface area contributed by atoms with Gasteiger partial charge in [0.15, 0.2) is 5.43 Å². The number of aryl methyl sites for hydroxylation is 1. The molecule has 0 amide bonds. The van der Waals surface area contributed by atoms with Gasteiger partial charge in [0, 0.05) is 6.07 Å². The molecule has 3 heteroatoms. The van der Waals surface area contributed by atoms with E-state index < -0.39 is 0 Å². The Morgan fingerprint density at radius 3 is 2.68 bits per heavy atom. The maximum atomic E-state index is 12.0. The zero-order valence-electron chi connectivity index (χ0n) is 10.4. The summed E-state index contributed by atoms with van der Waals surface area (Å²) in [7, 11) is 0. The first-order chi connectivity index (χ1) is 9.16. The molecule has 2 aromatic carbocycles. The predicted molar refractivity (Wildman–Crippen MR) is 74.3 cm³/mol. The Morgan fingerprint density at radius 2 is 1.84 bits per heavy atom. The molecular formula is C16H12O3. The smallest absolute Gasteiger partial charge is 0.193 e. The van der Waals surface area contributed by atoms with Gasteiger partial charge in [0.25, 0.3) is 0 Å². The Balaban J connectivity index is 2.32. The predicted octanol–water partition coefficient (Wildman–Crippen LogP) is 3.47. The second kappa shape index (κ2) is 4.28. The van der Waals surface area contributed by atoms with Gasteiger partial charge in [-0.15, -0.1) is 0 Å². The summed E-state index contributed by atoms with van der Waals surface area (Å²) < 4.78 is 5.70. The summed E-state index contributed by atoms with van der Waals surface area (Å²) in [5.74, 6) is 0.519. The van der Waals surface area contributed by atoms with Crippen LogP contribution in [0.3, 0.4) is 0 Å². The van der Waals surface area contributed by atoms with E-state index in [0.29, 0.717) is 22.3 Å². The molecule has 3 rings (SSSR count). The van der Waals surface area contributed by atoms with Gasteiger partial charge in [-0.1, -0.05) is 24.3 Å². The fourth-order valence-corrected chi connectivity index (χ4v) is 2.09. The van der Waals surface area contributed by atoms with Crippen molar-refractivity contribution in [2.24, 2.45) is 0 Å². The summed E-state index contributed by atoms with van der Waals surface area (Å²) in [5.41, 5.74) is 1.68. The molecule has 1 heterocycles. The van der Waals surface area contributed by atoms with Crippen LogP contribution in [0.2, 0.25) is 0 Å². The van der Waals surface area contributed by atoms with Crippen LogP contribution in [0.15, 0.2) is 57.7 Å². The number of fused-ring (bicyclic) bond motifs is 1. The molecule has 0 saturated heterocycles. The fraction of sp³-hybridized carbons (Fsp3) is 0.0625. The molecular weight excluding hydrogens is 240 g/mol. The molecule has 19 heavy (non-hydrogen) atoms. The van der Waals surface area contributed by atoms with Crippen molar-refractivity contribution in [3.63, 3.8) is 0 Å². The summed E-state index contributed by atoms with van der Waals surface area (Å²) in [6.45, 7) is 1.80. The molecule has 94 valence electrons. The molecule has 0 radical (unpaired) electrons. The van der Waals surface area contributed by atoms with Crippen LogP contribution in [0.4, 0.5) is 0 Å². The molecule has 0 spiro atoms. The Hall–Kier alpha value is -2.55. The van der Waals surface area contributed by atoms with Gasteiger partial charge in [0.1, 0.15) is 17.1 Å². The fourth-order valence-electron chi connectivity index (χ4n) is 2.09. The van der Waals surface area contributed by atoms with Crippen LogP contribution in [0.5, 0.6) is 5.75 Å². The van der Waals surface area contributed by atoms with Crippen LogP contribution in [0.25, 0.3) is 22.3 Å². The van der Waals surface area contributed by atoms with E-state index in [2.05, 4.69) is 0 Å². The van der Waals surface area contributed by atoms with Gasteiger partial charge >= 0.3 is 0 Å². The maximum Gasteiger partial charge on any atom is 0.193 e. The van der Waals surface area contributed by atoms with Crippen LogP contribution >= 0.6 is 0 Å². The van der Waals surface area contributed by atoms with Crippen molar-refractivity contribution in [2.45, 2.75) is 6.92 Å². The van der Waals surface area contributed by atoms with E-state index in [9.17, 15) is 9.90 Å². The highest BCUT2D eigenvalue weighted by Crippen LogP contribution is 2.32. The topological polar surface area (TPSA) is 50.4 Å². The van der Waals surface area contributed by atoms with E-state index >= 15 is 0 Å². The lowest BCUT2D eigenvalue weighted by Crippen LogP contribution is -2.00. The van der Waals surface area contributed by atoms with Crippen molar-refractivity contribution >= 4 is 11.0 Å². The minimum Gasteiger partial charge on any atom is -0.507 e. The third kappa shape index (κ3) is 1.89. The highest BCUT2D eigenvalue weighted by Gasteiger charge is 2.11. The van der Waals surface area contributed by atoms with Gasteiger partial charge in [0.2, 0.25) is 0 Å². The lowest BCUT2D eigenvalue weighted by atomic mass is 10.1. The summed E-state index contributed by atoms with van der Waals surface area (Å²) in [5, 5.41) is 10.6. The van der Waals surface area contributed by atoms with Gasteiger partial charge in [0.05, 0.1) is 10.9 Å². The number of hydrogen-bond acceptors (Lipinski definition) is 3. The maximum absolute atomic E-state index is 12.0.